The molecule has 0 aliphatic rings. The van der Waals surface area contributed by atoms with Crippen molar-refractivity contribution in [1.29, 1.82) is 0 Å². The van der Waals surface area contributed by atoms with E-state index in [1.54, 1.807) is 12.5 Å². The van der Waals surface area contributed by atoms with E-state index in [1.165, 1.54) is 4.68 Å². The van der Waals surface area contributed by atoms with Gasteiger partial charge in [-0.1, -0.05) is 25.1 Å². The first-order valence-electron chi connectivity index (χ1n) is 11.1. The normalized spacial score (nSPS) is 12.6. The summed E-state index contributed by atoms with van der Waals surface area (Å²) in [7, 11) is 0. The summed E-state index contributed by atoms with van der Waals surface area (Å²) >= 11 is 0. The molecule has 8 nitrogen and oxygen atoms in total. The molecule has 4 aromatic rings. The van der Waals surface area contributed by atoms with E-state index in [9.17, 15) is 9.59 Å². The fraction of sp³-hybridized carbons (Fsp3) is 0.375. The highest BCUT2D eigenvalue weighted by molar-refractivity contribution is 6.06. The number of H-pyrrole nitrogens is 1. The Morgan fingerprint density at radius 3 is 2.88 bits per heavy atom. The number of aromatic nitrogens is 3. The molecular formula is C24H29N5O3. The fourth-order valence-corrected chi connectivity index (χ4v) is 3.91. The molecule has 0 unspecified atom stereocenters. The topological polar surface area (TPSA) is 96.2 Å². The Morgan fingerprint density at radius 1 is 1.25 bits per heavy atom. The zero-order chi connectivity index (χ0) is 22.5. The van der Waals surface area contributed by atoms with Crippen LogP contribution in [-0.2, 0) is 17.9 Å². The second kappa shape index (κ2) is 9.82. The van der Waals surface area contributed by atoms with Crippen molar-refractivity contribution in [3.8, 4) is 0 Å². The van der Waals surface area contributed by atoms with Crippen molar-refractivity contribution in [2.24, 2.45) is 0 Å². The van der Waals surface area contributed by atoms with Crippen molar-refractivity contribution in [3.05, 3.63) is 65.0 Å². The average molecular weight is 436 g/mol. The summed E-state index contributed by atoms with van der Waals surface area (Å²) < 4.78 is 6.68. The summed E-state index contributed by atoms with van der Waals surface area (Å²) in [4.78, 5) is 30.7. The van der Waals surface area contributed by atoms with Gasteiger partial charge in [0.1, 0.15) is 17.8 Å². The third-order valence-corrected chi connectivity index (χ3v) is 5.91. The molecule has 0 radical (unpaired) electrons. The summed E-state index contributed by atoms with van der Waals surface area (Å²) in [6.45, 7) is 6.38. The van der Waals surface area contributed by atoms with Crippen LogP contribution < -0.4 is 10.9 Å². The Labute approximate surface area is 186 Å². The largest absolute Gasteiger partial charge is 0.468 e. The maximum Gasteiger partial charge on any atom is 0.291 e. The highest BCUT2D eigenvalue weighted by Crippen LogP contribution is 2.21. The molecule has 0 fully saturated rings. The third-order valence-electron chi connectivity index (χ3n) is 5.91. The van der Waals surface area contributed by atoms with Crippen LogP contribution in [0.15, 0.2) is 58.1 Å². The molecule has 0 aliphatic carbocycles. The number of nitrogens with one attached hydrogen (secondary N) is 2. The molecule has 3 aromatic heterocycles. The predicted molar refractivity (Wildman–Crippen MR) is 124 cm³/mol. The number of hydrogen-bond acceptors (Lipinski definition) is 5. The first-order chi connectivity index (χ1) is 15.6. The molecule has 1 atom stereocenters. The molecule has 1 aromatic carbocycles. The number of aromatic amines is 1. The minimum atomic E-state index is -0.296. The summed E-state index contributed by atoms with van der Waals surface area (Å²) in [5.41, 5.74) is 1.05. The zero-order valence-corrected chi connectivity index (χ0v) is 18.5. The van der Waals surface area contributed by atoms with E-state index in [0.29, 0.717) is 18.1 Å². The Bertz CT molecular complexity index is 1240. The van der Waals surface area contributed by atoms with Gasteiger partial charge in [-0.25, -0.2) is 4.68 Å². The standard InChI is InChI=1S/C24H29N5O3/c1-3-17(2)28(15-18-8-6-13-32-18)12-7-11-25-22(30)16-29-24(31)23-20(14-26-29)19-9-4-5-10-21(19)27-23/h4-6,8-10,13-14,17,27H,3,7,11-12,15-16H2,1-2H3,(H,25,30)/t17-/m0/s1. The molecule has 0 saturated heterocycles. The number of rotatable bonds is 10. The number of furan rings is 1. The van der Waals surface area contributed by atoms with E-state index in [-0.39, 0.29) is 18.0 Å². The second-order valence-corrected chi connectivity index (χ2v) is 8.08. The molecule has 0 saturated carbocycles. The van der Waals surface area contributed by atoms with E-state index in [1.807, 2.05) is 36.4 Å². The molecule has 1 amide bonds. The lowest BCUT2D eigenvalue weighted by Gasteiger charge is -2.27. The number of fused-ring (bicyclic) bond motifs is 3. The maximum absolute atomic E-state index is 12.8. The monoisotopic (exact) mass is 435 g/mol. The summed E-state index contributed by atoms with van der Waals surface area (Å²) in [5, 5.41) is 8.83. The Morgan fingerprint density at radius 2 is 2.09 bits per heavy atom. The van der Waals surface area contributed by atoms with Crippen LogP contribution in [0.1, 0.15) is 32.4 Å². The number of para-hydroxylation sites is 1. The van der Waals surface area contributed by atoms with Crippen molar-refractivity contribution in [3.63, 3.8) is 0 Å². The van der Waals surface area contributed by atoms with Crippen LogP contribution in [0.5, 0.6) is 0 Å². The highest BCUT2D eigenvalue weighted by Gasteiger charge is 2.15. The van der Waals surface area contributed by atoms with Crippen molar-refractivity contribution < 1.29 is 9.21 Å². The zero-order valence-electron chi connectivity index (χ0n) is 18.5. The third kappa shape index (κ3) is 4.75. The molecule has 0 aliphatic heterocycles. The number of carbonyl (C=O) groups excluding carboxylic acids is 1. The van der Waals surface area contributed by atoms with Crippen LogP contribution in [0.4, 0.5) is 0 Å². The van der Waals surface area contributed by atoms with Crippen molar-refractivity contribution in [2.75, 3.05) is 13.1 Å². The molecule has 168 valence electrons. The molecule has 0 bridgehead atoms. The van der Waals surface area contributed by atoms with Crippen LogP contribution in [0.2, 0.25) is 0 Å². The van der Waals surface area contributed by atoms with Crippen LogP contribution in [0.25, 0.3) is 21.8 Å². The lowest BCUT2D eigenvalue weighted by Crippen LogP contribution is -2.37. The summed E-state index contributed by atoms with van der Waals surface area (Å²) in [6.07, 6.45) is 5.17. The minimum absolute atomic E-state index is 0.106. The molecule has 2 N–H and O–H groups in total. The Balaban J connectivity index is 1.32. The number of nitrogens with zero attached hydrogens (tertiary/aromatic N) is 3. The first-order valence-corrected chi connectivity index (χ1v) is 11.1. The fourth-order valence-electron chi connectivity index (χ4n) is 3.91. The maximum atomic E-state index is 12.8. The van der Waals surface area contributed by atoms with E-state index < -0.39 is 0 Å². The van der Waals surface area contributed by atoms with Gasteiger partial charge in [0.15, 0.2) is 0 Å². The van der Waals surface area contributed by atoms with Gasteiger partial charge in [0, 0.05) is 35.4 Å². The number of amides is 1. The molecule has 4 rings (SSSR count). The van der Waals surface area contributed by atoms with Crippen LogP contribution in [0, 0.1) is 0 Å². The molecular weight excluding hydrogens is 406 g/mol. The number of benzene rings is 1. The summed E-state index contributed by atoms with van der Waals surface area (Å²) in [5.74, 6) is 0.711. The molecule has 3 heterocycles. The summed E-state index contributed by atoms with van der Waals surface area (Å²) in [6, 6.07) is 12.0. The van der Waals surface area contributed by atoms with Crippen molar-refractivity contribution in [2.45, 2.75) is 45.8 Å². The number of hydrogen-bond donors (Lipinski definition) is 2. The van der Waals surface area contributed by atoms with Crippen LogP contribution in [0.3, 0.4) is 0 Å². The molecule has 0 spiro atoms. The quantitative estimate of drug-likeness (QED) is 0.373. The van der Waals surface area contributed by atoms with E-state index in [2.05, 4.69) is 34.1 Å². The van der Waals surface area contributed by atoms with E-state index >= 15 is 0 Å². The molecule has 8 heteroatoms. The smallest absolute Gasteiger partial charge is 0.291 e. The van der Waals surface area contributed by atoms with E-state index in [4.69, 9.17) is 4.42 Å². The van der Waals surface area contributed by atoms with Gasteiger partial charge in [-0.15, -0.1) is 0 Å². The van der Waals surface area contributed by atoms with Gasteiger partial charge in [0.2, 0.25) is 5.91 Å². The first kappa shape index (κ1) is 21.8. The van der Waals surface area contributed by atoms with Gasteiger partial charge >= 0.3 is 0 Å². The SMILES string of the molecule is CC[C@H](C)N(CCCNC(=O)Cn1ncc2c([nH]c3ccccc32)c1=O)Cc1ccco1. The van der Waals surface area contributed by atoms with Gasteiger partial charge in [-0.05, 0) is 38.0 Å². The molecule has 32 heavy (non-hydrogen) atoms. The highest BCUT2D eigenvalue weighted by atomic mass is 16.3. The predicted octanol–water partition coefficient (Wildman–Crippen LogP) is 3.28. The average Bonchev–Trinajstić information content (AvgIpc) is 3.45. The Hall–Kier alpha value is -3.39. The van der Waals surface area contributed by atoms with Gasteiger partial charge in [0.05, 0.1) is 19.0 Å². The van der Waals surface area contributed by atoms with Gasteiger partial charge < -0.3 is 14.7 Å². The van der Waals surface area contributed by atoms with Crippen LogP contribution in [-0.4, -0.2) is 44.7 Å². The van der Waals surface area contributed by atoms with Crippen molar-refractivity contribution in [1.82, 2.24) is 25.0 Å². The van der Waals surface area contributed by atoms with Crippen molar-refractivity contribution >= 4 is 27.7 Å². The Kier molecular flexibility index (Phi) is 6.70. The number of carbonyl (C=O) groups is 1. The minimum Gasteiger partial charge on any atom is -0.468 e. The van der Waals surface area contributed by atoms with Gasteiger partial charge in [-0.3, -0.25) is 14.5 Å². The lowest BCUT2D eigenvalue weighted by atomic mass is 10.2. The van der Waals surface area contributed by atoms with E-state index in [0.717, 1.165) is 48.0 Å². The van der Waals surface area contributed by atoms with Gasteiger partial charge in [0.25, 0.3) is 5.56 Å². The second-order valence-electron chi connectivity index (χ2n) is 8.08. The lowest BCUT2D eigenvalue weighted by molar-refractivity contribution is -0.121. The van der Waals surface area contributed by atoms with Gasteiger partial charge in [-0.2, -0.15) is 5.10 Å². The van der Waals surface area contributed by atoms with Crippen LogP contribution >= 0.6 is 0 Å².